The van der Waals surface area contributed by atoms with Gasteiger partial charge >= 0.3 is 12.4 Å². The molecule has 1 aliphatic rings. The molecule has 3 aromatic carbocycles. The number of halogens is 3. The first-order valence-electron chi connectivity index (χ1n) is 14.5. The standard InChI is InChI=1S/C33H33F3N6O3S/c1-20(2)26-15-6-21(3)16-27(26)42-28(43)18-46-31(42)38-30(44)39-32(4,5)17-22-7-9-23(10-8-22)29-37-19-41(40-29)24-11-13-25(14-12-24)45-33(34,35)36/h6-16,19-20H,17-18H2,1-5H3,(H,39,44)/b38-31-. The molecular weight excluding hydrogens is 617 g/mol. The highest BCUT2D eigenvalue weighted by Gasteiger charge is 2.33. The summed E-state index contributed by atoms with van der Waals surface area (Å²) < 4.78 is 42.7. The third-order valence-corrected chi connectivity index (χ3v) is 8.07. The van der Waals surface area contributed by atoms with Gasteiger partial charge < -0.3 is 10.1 Å². The van der Waals surface area contributed by atoms with E-state index < -0.39 is 17.9 Å². The highest BCUT2D eigenvalue weighted by molar-refractivity contribution is 8.15. The lowest BCUT2D eigenvalue weighted by Gasteiger charge is -2.26. The number of benzene rings is 3. The van der Waals surface area contributed by atoms with Gasteiger partial charge in [0.05, 0.1) is 17.1 Å². The average molecular weight is 651 g/mol. The van der Waals surface area contributed by atoms with Gasteiger partial charge in [-0.1, -0.05) is 62.0 Å². The number of thioether (sulfide) groups is 1. The molecule has 1 aromatic heterocycles. The van der Waals surface area contributed by atoms with Gasteiger partial charge in [0.15, 0.2) is 11.0 Å². The van der Waals surface area contributed by atoms with Crippen molar-refractivity contribution < 1.29 is 27.5 Å². The molecule has 9 nitrogen and oxygen atoms in total. The molecule has 0 bridgehead atoms. The van der Waals surface area contributed by atoms with Crippen LogP contribution in [0.2, 0.25) is 0 Å². The summed E-state index contributed by atoms with van der Waals surface area (Å²) in [6.07, 6.45) is -2.78. The molecule has 0 atom stereocenters. The second-order valence-corrected chi connectivity index (χ2v) is 12.8. The molecule has 1 saturated heterocycles. The summed E-state index contributed by atoms with van der Waals surface area (Å²) in [6, 6.07) is 18.3. The van der Waals surface area contributed by atoms with Gasteiger partial charge in [0.2, 0.25) is 5.91 Å². The second-order valence-electron chi connectivity index (χ2n) is 11.9. The number of amides is 3. The number of aromatic nitrogens is 3. The van der Waals surface area contributed by atoms with Crippen LogP contribution in [0, 0.1) is 6.92 Å². The Kier molecular flexibility index (Phi) is 9.24. The first kappa shape index (κ1) is 32.7. The number of carbonyl (C=O) groups is 2. The number of amidine groups is 1. The summed E-state index contributed by atoms with van der Waals surface area (Å²) in [6.45, 7) is 9.88. The number of aryl methyl sites for hydroxylation is 1. The van der Waals surface area contributed by atoms with Crippen molar-refractivity contribution in [2.75, 3.05) is 10.7 Å². The van der Waals surface area contributed by atoms with Gasteiger partial charge in [0.1, 0.15) is 12.1 Å². The van der Waals surface area contributed by atoms with E-state index in [1.165, 1.54) is 47.0 Å². The highest BCUT2D eigenvalue weighted by Crippen LogP contribution is 2.34. The summed E-state index contributed by atoms with van der Waals surface area (Å²) in [5.74, 6) is 0.395. The minimum Gasteiger partial charge on any atom is -0.406 e. The van der Waals surface area contributed by atoms with Crippen molar-refractivity contribution in [1.82, 2.24) is 20.1 Å². The van der Waals surface area contributed by atoms with E-state index in [1.807, 2.05) is 63.2 Å². The molecule has 13 heteroatoms. The number of alkyl halides is 3. The van der Waals surface area contributed by atoms with E-state index in [0.29, 0.717) is 23.1 Å². The maximum atomic E-state index is 13.1. The number of rotatable bonds is 8. The van der Waals surface area contributed by atoms with E-state index in [4.69, 9.17) is 0 Å². The van der Waals surface area contributed by atoms with Gasteiger partial charge in [0.25, 0.3) is 0 Å². The van der Waals surface area contributed by atoms with Crippen LogP contribution >= 0.6 is 11.8 Å². The second kappa shape index (κ2) is 13.0. The van der Waals surface area contributed by atoms with E-state index in [9.17, 15) is 22.8 Å². The fourth-order valence-electron chi connectivity index (χ4n) is 5.07. The van der Waals surface area contributed by atoms with E-state index in [1.54, 1.807) is 4.90 Å². The Labute approximate surface area is 268 Å². The van der Waals surface area contributed by atoms with E-state index >= 15 is 0 Å². The summed E-state index contributed by atoms with van der Waals surface area (Å²) in [5, 5.41) is 7.77. The zero-order valence-electron chi connectivity index (χ0n) is 25.9. The SMILES string of the molecule is Cc1ccc(C(C)C)c(N2C(=O)CS/C2=N\C(=O)NC(C)(C)Cc2ccc(-c3ncn(-c4ccc(OC(F)(F)F)cc4)n3)cc2)c1. The van der Waals surface area contributed by atoms with Crippen molar-refractivity contribution in [2.45, 2.75) is 58.9 Å². The molecule has 240 valence electrons. The third kappa shape index (κ3) is 7.94. The zero-order chi connectivity index (χ0) is 33.2. The van der Waals surface area contributed by atoms with Crippen LogP contribution in [0.5, 0.6) is 5.75 Å². The fourth-order valence-corrected chi connectivity index (χ4v) is 5.93. The van der Waals surface area contributed by atoms with E-state index in [-0.39, 0.29) is 23.3 Å². The Bertz CT molecular complexity index is 1770. The van der Waals surface area contributed by atoms with Crippen molar-refractivity contribution in [2.24, 2.45) is 4.99 Å². The molecule has 0 radical (unpaired) electrons. The maximum Gasteiger partial charge on any atom is 0.573 e. The van der Waals surface area contributed by atoms with Gasteiger partial charge in [-0.15, -0.1) is 18.3 Å². The van der Waals surface area contributed by atoms with Crippen LogP contribution in [-0.4, -0.2) is 49.5 Å². The predicted octanol–water partition coefficient (Wildman–Crippen LogP) is 7.43. The van der Waals surface area contributed by atoms with Crippen molar-refractivity contribution in [1.29, 1.82) is 0 Å². The normalized spacial score (nSPS) is 14.8. The van der Waals surface area contributed by atoms with E-state index in [2.05, 4.69) is 39.0 Å². The first-order valence-corrected chi connectivity index (χ1v) is 15.5. The quantitative estimate of drug-likeness (QED) is 0.213. The third-order valence-electron chi connectivity index (χ3n) is 7.14. The molecular formula is C33H33F3N6O3S. The van der Waals surface area contributed by atoms with Crippen molar-refractivity contribution in [3.8, 4) is 22.8 Å². The molecule has 0 aliphatic carbocycles. The molecule has 0 saturated carbocycles. The molecule has 0 spiro atoms. The van der Waals surface area contributed by atoms with Crippen molar-refractivity contribution in [3.63, 3.8) is 0 Å². The Balaban J connectivity index is 1.24. The number of hydrogen-bond donors (Lipinski definition) is 1. The van der Waals surface area contributed by atoms with E-state index in [0.717, 1.165) is 27.9 Å². The smallest absolute Gasteiger partial charge is 0.406 e. The molecule has 46 heavy (non-hydrogen) atoms. The number of anilines is 1. The van der Waals surface area contributed by atoms with Crippen LogP contribution in [-0.2, 0) is 11.2 Å². The van der Waals surface area contributed by atoms with Crippen LogP contribution in [0.3, 0.4) is 0 Å². The summed E-state index contributed by atoms with van der Waals surface area (Å²) in [5.41, 5.74) is 4.33. The predicted molar refractivity (Wildman–Crippen MR) is 172 cm³/mol. The Morgan fingerprint density at radius 3 is 2.41 bits per heavy atom. The van der Waals surface area contributed by atoms with Gasteiger partial charge in [0, 0.05) is 11.1 Å². The minimum absolute atomic E-state index is 0.115. The minimum atomic E-state index is -4.76. The van der Waals surface area contributed by atoms with Crippen LogP contribution in [0.25, 0.3) is 17.1 Å². The Morgan fingerprint density at radius 1 is 1.07 bits per heavy atom. The van der Waals surface area contributed by atoms with Gasteiger partial charge in [-0.3, -0.25) is 9.69 Å². The summed E-state index contributed by atoms with van der Waals surface area (Å²) >= 11 is 1.25. The molecule has 4 aromatic rings. The lowest BCUT2D eigenvalue weighted by Crippen LogP contribution is -2.44. The molecule has 1 aliphatic heterocycles. The lowest BCUT2D eigenvalue weighted by atomic mass is 9.94. The number of carbonyl (C=O) groups excluding carboxylic acids is 2. The molecule has 1 N–H and O–H groups in total. The number of ether oxygens (including phenoxy) is 1. The number of hydrogen-bond acceptors (Lipinski definition) is 6. The molecule has 5 rings (SSSR count). The number of urea groups is 1. The average Bonchev–Trinajstić information content (AvgIpc) is 3.59. The van der Waals surface area contributed by atoms with Crippen molar-refractivity contribution in [3.05, 3.63) is 89.7 Å². The molecule has 1 fully saturated rings. The number of aliphatic imine (C=N–C) groups is 1. The molecule has 2 heterocycles. The number of nitrogens with zero attached hydrogens (tertiary/aromatic N) is 5. The topological polar surface area (TPSA) is 102 Å². The van der Waals surface area contributed by atoms with Gasteiger partial charge in [-0.25, -0.2) is 14.5 Å². The summed E-state index contributed by atoms with van der Waals surface area (Å²) in [7, 11) is 0. The largest absolute Gasteiger partial charge is 0.573 e. The van der Waals surface area contributed by atoms with Crippen LogP contribution in [0.4, 0.5) is 23.7 Å². The van der Waals surface area contributed by atoms with Crippen LogP contribution in [0.1, 0.15) is 50.3 Å². The van der Waals surface area contributed by atoms with Gasteiger partial charge in [-0.2, -0.15) is 4.99 Å². The van der Waals surface area contributed by atoms with Crippen LogP contribution in [0.15, 0.2) is 78.0 Å². The first-order chi connectivity index (χ1) is 21.7. The monoisotopic (exact) mass is 650 g/mol. The van der Waals surface area contributed by atoms with Crippen LogP contribution < -0.4 is 15.0 Å². The van der Waals surface area contributed by atoms with Crippen molar-refractivity contribution >= 4 is 34.6 Å². The van der Waals surface area contributed by atoms with Gasteiger partial charge in [-0.05, 0) is 80.1 Å². The Hall–Kier alpha value is -4.65. The maximum absolute atomic E-state index is 13.1. The highest BCUT2D eigenvalue weighted by atomic mass is 32.2. The molecule has 3 amide bonds. The lowest BCUT2D eigenvalue weighted by molar-refractivity contribution is -0.274. The summed E-state index contributed by atoms with van der Waals surface area (Å²) in [4.78, 5) is 36.1. The fraction of sp³-hybridized carbons (Fsp3) is 0.303. The molecule has 0 unspecified atom stereocenters. The Morgan fingerprint density at radius 2 is 1.76 bits per heavy atom. The zero-order valence-corrected chi connectivity index (χ0v) is 26.7. The number of nitrogens with one attached hydrogen (secondary N) is 1.